The first-order chi connectivity index (χ1) is 22.4. The Labute approximate surface area is 277 Å². The van der Waals surface area contributed by atoms with Crippen molar-refractivity contribution in [1.29, 1.82) is 0 Å². The van der Waals surface area contributed by atoms with E-state index in [2.05, 4.69) is 80.8 Å². The molecule has 3 aromatic rings. The SMILES string of the molecule is CCCCN(CCCC)c1ccc(C2(c3ccc(N(CCCC)CCCC)cc3OC)OC(=O)c3cc(CC)cnc32)c(OC)c1. The van der Waals surface area contributed by atoms with Crippen LogP contribution in [-0.4, -0.2) is 51.4 Å². The molecule has 1 aliphatic heterocycles. The largest absolute Gasteiger partial charge is 0.496 e. The van der Waals surface area contributed by atoms with Crippen molar-refractivity contribution >= 4 is 17.3 Å². The molecule has 0 atom stereocenters. The Morgan fingerprint density at radius 2 is 1.15 bits per heavy atom. The maximum atomic E-state index is 13.8. The number of hydrogen-bond acceptors (Lipinski definition) is 7. The highest BCUT2D eigenvalue weighted by atomic mass is 16.6. The van der Waals surface area contributed by atoms with Crippen LogP contribution in [-0.2, 0) is 16.8 Å². The van der Waals surface area contributed by atoms with Crippen molar-refractivity contribution in [2.45, 2.75) is 98.0 Å². The number of fused-ring (bicyclic) bond motifs is 1. The number of aryl methyl sites for hydroxylation is 1. The van der Waals surface area contributed by atoms with E-state index in [9.17, 15) is 4.79 Å². The van der Waals surface area contributed by atoms with Gasteiger partial charge in [-0.2, -0.15) is 0 Å². The predicted octanol–water partition coefficient (Wildman–Crippen LogP) is 8.94. The number of carbonyl (C=O) groups is 1. The second kappa shape index (κ2) is 16.7. The predicted molar refractivity (Wildman–Crippen MR) is 189 cm³/mol. The molecule has 0 spiro atoms. The minimum atomic E-state index is -1.35. The van der Waals surface area contributed by atoms with Crippen LogP contribution in [0.3, 0.4) is 0 Å². The lowest BCUT2D eigenvalue weighted by Crippen LogP contribution is -2.32. The lowest BCUT2D eigenvalue weighted by atomic mass is 9.81. The van der Waals surface area contributed by atoms with Crippen molar-refractivity contribution in [3.8, 4) is 11.5 Å². The van der Waals surface area contributed by atoms with Gasteiger partial charge in [0, 0.05) is 67.0 Å². The number of ether oxygens (including phenoxy) is 3. The number of nitrogens with zero attached hydrogens (tertiary/aromatic N) is 3. The Hall–Kier alpha value is -3.74. The van der Waals surface area contributed by atoms with E-state index < -0.39 is 11.6 Å². The van der Waals surface area contributed by atoms with Crippen LogP contribution >= 0.6 is 0 Å². The van der Waals surface area contributed by atoms with Crippen LogP contribution < -0.4 is 19.3 Å². The lowest BCUT2D eigenvalue weighted by molar-refractivity contribution is 0.0230. The molecule has 7 nitrogen and oxygen atoms in total. The number of benzene rings is 2. The Balaban J connectivity index is 1.94. The molecule has 0 fully saturated rings. The minimum absolute atomic E-state index is 0.393. The van der Waals surface area contributed by atoms with Gasteiger partial charge in [0.15, 0.2) is 0 Å². The quantitative estimate of drug-likeness (QED) is 0.123. The van der Waals surface area contributed by atoms with Crippen molar-refractivity contribution in [3.05, 3.63) is 76.6 Å². The van der Waals surface area contributed by atoms with Gasteiger partial charge in [0.1, 0.15) is 17.2 Å². The molecule has 46 heavy (non-hydrogen) atoms. The van der Waals surface area contributed by atoms with Gasteiger partial charge in [-0.1, -0.05) is 60.3 Å². The molecule has 0 aliphatic carbocycles. The molecule has 7 heteroatoms. The Morgan fingerprint density at radius 3 is 1.54 bits per heavy atom. The van der Waals surface area contributed by atoms with Crippen molar-refractivity contribution in [2.75, 3.05) is 50.2 Å². The van der Waals surface area contributed by atoms with E-state index in [-0.39, 0.29) is 0 Å². The van der Waals surface area contributed by atoms with Crippen LogP contribution in [0.1, 0.15) is 119 Å². The molecule has 0 unspecified atom stereocenters. The molecule has 250 valence electrons. The number of carbonyl (C=O) groups excluding carboxylic acids is 1. The number of unbranched alkanes of at least 4 members (excludes halogenated alkanes) is 4. The molecule has 0 saturated carbocycles. The summed E-state index contributed by atoms with van der Waals surface area (Å²) in [5.41, 5.74) is 4.35. The molecule has 0 N–H and O–H groups in total. The highest BCUT2D eigenvalue weighted by Crippen LogP contribution is 2.52. The third-order valence-corrected chi connectivity index (χ3v) is 9.14. The molecule has 2 heterocycles. The van der Waals surface area contributed by atoms with E-state index in [1.54, 1.807) is 14.2 Å². The molecule has 1 aromatic heterocycles. The standard InChI is InChI=1S/C39H55N3O4/c1-8-13-21-41(22-14-9-2)30-17-19-33(35(26-30)44-6)39(37-32(38(43)46-39)25-29(12-5)28-40-37)34-20-18-31(27-36(34)45-7)42(23-15-10-3)24-16-11-4/h17-20,25-28H,8-16,21-24H2,1-7H3. The lowest BCUT2D eigenvalue weighted by Gasteiger charge is -2.33. The number of cyclic esters (lactones) is 1. The van der Waals surface area contributed by atoms with Gasteiger partial charge < -0.3 is 24.0 Å². The summed E-state index contributed by atoms with van der Waals surface area (Å²) in [6.45, 7) is 14.9. The molecular weight excluding hydrogens is 574 g/mol. The van der Waals surface area contributed by atoms with Gasteiger partial charge >= 0.3 is 5.97 Å². The van der Waals surface area contributed by atoms with Crippen LogP contribution in [0, 0.1) is 0 Å². The summed E-state index contributed by atoms with van der Waals surface area (Å²) in [6, 6.07) is 14.5. The van der Waals surface area contributed by atoms with Crippen LogP contribution in [0.4, 0.5) is 11.4 Å². The smallest absolute Gasteiger partial charge is 0.341 e. The Bertz CT molecular complexity index is 1350. The highest BCUT2D eigenvalue weighted by molar-refractivity contribution is 5.96. The van der Waals surface area contributed by atoms with Gasteiger partial charge in [0.2, 0.25) is 5.60 Å². The van der Waals surface area contributed by atoms with Gasteiger partial charge in [0.05, 0.1) is 19.8 Å². The molecule has 4 rings (SSSR count). The van der Waals surface area contributed by atoms with Crippen LogP contribution in [0.15, 0.2) is 48.7 Å². The summed E-state index contributed by atoms with van der Waals surface area (Å²) >= 11 is 0. The van der Waals surface area contributed by atoms with Crippen molar-refractivity contribution in [3.63, 3.8) is 0 Å². The van der Waals surface area contributed by atoms with Gasteiger partial charge in [-0.3, -0.25) is 4.98 Å². The number of anilines is 2. The summed E-state index contributed by atoms with van der Waals surface area (Å²) in [4.78, 5) is 23.6. The van der Waals surface area contributed by atoms with E-state index >= 15 is 0 Å². The minimum Gasteiger partial charge on any atom is -0.496 e. The topological polar surface area (TPSA) is 64.1 Å². The first-order valence-electron chi connectivity index (χ1n) is 17.5. The fourth-order valence-corrected chi connectivity index (χ4v) is 6.36. The fraction of sp³-hybridized carbons (Fsp3) is 0.538. The maximum Gasteiger partial charge on any atom is 0.341 e. The average Bonchev–Trinajstić information content (AvgIpc) is 3.39. The third-order valence-electron chi connectivity index (χ3n) is 9.14. The third kappa shape index (κ3) is 7.29. The number of pyridine rings is 1. The summed E-state index contributed by atoms with van der Waals surface area (Å²) in [5.74, 6) is 0.905. The van der Waals surface area contributed by atoms with Crippen molar-refractivity contribution in [1.82, 2.24) is 4.98 Å². The second-order valence-corrected chi connectivity index (χ2v) is 12.3. The molecule has 0 amide bonds. The van der Waals surface area contributed by atoms with E-state index in [0.717, 1.165) is 112 Å². The normalized spacial score (nSPS) is 13.3. The molecule has 0 radical (unpaired) electrons. The number of rotatable bonds is 19. The Morgan fingerprint density at radius 1 is 0.696 bits per heavy atom. The van der Waals surface area contributed by atoms with E-state index in [1.165, 1.54) is 0 Å². The first-order valence-corrected chi connectivity index (χ1v) is 17.5. The molecule has 0 saturated heterocycles. The van der Waals surface area contributed by atoms with Crippen molar-refractivity contribution in [2.24, 2.45) is 0 Å². The number of hydrogen-bond donors (Lipinski definition) is 0. The molecule has 0 bridgehead atoms. The van der Waals surface area contributed by atoms with E-state index in [4.69, 9.17) is 19.2 Å². The van der Waals surface area contributed by atoms with E-state index in [1.807, 2.05) is 12.3 Å². The van der Waals surface area contributed by atoms with E-state index in [0.29, 0.717) is 22.8 Å². The molecular formula is C39H55N3O4. The monoisotopic (exact) mass is 629 g/mol. The number of aromatic nitrogens is 1. The highest BCUT2D eigenvalue weighted by Gasteiger charge is 2.53. The fourth-order valence-electron chi connectivity index (χ4n) is 6.36. The van der Waals surface area contributed by atoms with Gasteiger partial charge in [0.25, 0.3) is 0 Å². The van der Waals surface area contributed by atoms with Crippen molar-refractivity contribution < 1.29 is 19.0 Å². The number of methoxy groups -OCH3 is 2. The maximum absolute atomic E-state index is 13.8. The van der Waals surface area contributed by atoms with Crippen LogP contribution in [0.5, 0.6) is 11.5 Å². The summed E-state index contributed by atoms with van der Waals surface area (Å²) in [7, 11) is 3.37. The number of esters is 1. The average molecular weight is 630 g/mol. The van der Waals surface area contributed by atoms with Gasteiger partial charge in [-0.05, 0) is 68.0 Å². The zero-order valence-corrected chi connectivity index (χ0v) is 29.3. The van der Waals surface area contributed by atoms with Gasteiger partial charge in [-0.15, -0.1) is 0 Å². The summed E-state index contributed by atoms with van der Waals surface area (Å²) in [5, 5.41) is 0. The second-order valence-electron chi connectivity index (χ2n) is 12.3. The Kier molecular flexibility index (Phi) is 12.8. The van der Waals surface area contributed by atoms with Gasteiger partial charge in [-0.25, -0.2) is 4.79 Å². The summed E-state index contributed by atoms with van der Waals surface area (Å²) in [6.07, 6.45) is 11.6. The molecule has 2 aromatic carbocycles. The van der Waals surface area contributed by atoms with Crippen LogP contribution in [0.25, 0.3) is 0 Å². The summed E-state index contributed by atoms with van der Waals surface area (Å²) < 4.78 is 18.8. The zero-order valence-electron chi connectivity index (χ0n) is 29.3. The zero-order chi connectivity index (χ0) is 33.1. The molecule has 1 aliphatic rings. The van der Waals surface area contributed by atoms with Crippen LogP contribution in [0.2, 0.25) is 0 Å². The first kappa shape index (κ1) is 35.1.